The standard InChI is InChI=1S/C21H26FN3O4/c1-25(15-16-6-4-3-5-7-16)21(27)23-11-10-20(26)24-17-8-9-19(18(22)14-17)29-13-12-28-2/h3-9,14H,10-13,15H2,1-2H3,(H,23,27)(H,24,26). The third kappa shape index (κ3) is 7.79. The normalized spacial score (nSPS) is 10.3. The molecule has 0 bridgehead atoms. The van der Waals surface area contributed by atoms with Gasteiger partial charge in [-0.25, -0.2) is 9.18 Å². The Kier molecular flexibility index (Phi) is 8.91. The molecule has 2 rings (SSSR count). The summed E-state index contributed by atoms with van der Waals surface area (Å²) in [5, 5.41) is 5.28. The second-order valence-electron chi connectivity index (χ2n) is 6.36. The number of urea groups is 1. The van der Waals surface area contributed by atoms with Gasteiger partial charge in [0.15, 0.2) is 11.6 Å². The van der Waals surface area contributed by atoms with Crippen molar-refractivity contribution in [2.75, 3.05) is 39.2 Å². The quantitative estimate of drug-likeness (QED) is 0.598. The van der Waals surface area contributed by atoms with Crippen LogP contribution < -0.4 is 15.4 Å². The summed E-state index contributed by atoms with van der Waals surface area (Å²) >= 11 is 0. The molecule has 29 heavy (non-hydrogen) atoms. The van der Waals surface area contributed by atoms with Crippen LogP contribution in [0.25, 0.3) is 0 Å². The van der Waals surface area contributed by atoms with Crippen LogP contribution >= 0.6 is 0 Å². The number of hydrogen-bond acceptors (Lipinski definition) is 4. The van der Waals surface area contributed by atoms with Crippen molar-refractivity contribution in [3.8, 4) is 5.75 Å². The van der Waals surface area contributed by atoms with Gasteiger partial charge in [-0.15, -0.1) is 0 Å². The van der Waals surface area contributed by atoms with Crippen molar-refractivity contribution in [3.05, 3.63) is 59.9 Å². The smallest absolute Gasteiger partial charge is 0.317 e. The maximum absolute atomic E-state index is 14.0. The number of methoxy groups -OCH3 is 1. The molecular formula is C21H26FN3O4. The van der Waals surface area contributed by atoms with E-state index in [0.717, 1.165) is 5.56 Å². The van der Waals surface area contributed by atoms with E-state index >= 15 is 0 Å². The maximum Gasteiger partial charge on any atom is 0.317 e. The molecule has 0 aliphatic carbocycles. The zero-order valence-electron chi connectivity index (χ0n) is 16.6. The van der Waals surface area contributed by atoms with Crippen molar-refractivity contribution >= 4 is 17.6 Å². The molecule has 0 radical (unpaired) electrons. The summed E-state index contributed by atoms with van der Waals surface area (Å²) in [6.45, 7) is 1.23. The van der Waals surface area contributed by atoms with E-state index in [1.165, 1.54) is 24.1 Å². The van der Waals surface area contributed by atoms with Gasteiger partial charge in [0.2, 0.25) is 5.91 Å². The molecule has 0 fully saturated rings. The zero-order valence-corrected chi connectivity index (χ0v) is 16.6. The van der Waals surface area contributed by atoms with Crippen molar-refractivity contribution in [2.24, 2.45) is 0 Å². The predicted molar refractivity (Wildman–Crippen MR) is 108 cm³/mol. The summed E-state index contributed by atoms with van der Waals surface area (Å²) < 4.78 is 24.0. The van der Waals surface area contributed by atoms with E-state index in [1.807, 2.05) is 30.3 Å². The van der Waals surface area contributed by atoms with E-state index in [1.54, 1.807) is 13.1 Å². The summed E-state index contributed by atoms with van der Waals surface area (Å²) in [5.41, 5.74) is 1.33. The van der Waals surface area contributed by atoms with E-state index in [0.29, 0.717) is 18.8 Å². The Morgan fingerprint density at radius 3 is 2.55 bits per heavy atom. The van der Waals surface area contributed by atoms with Gasteiger partial charge in [0.05, 0.1) is 6.61 Å². The fraction of sp³-hybridized carbons (Fsp3) is 0.333. The lowest BCUT2D eigenvalue weighted by atomic mass is 10.2. The lowest BCUT2D eigenvalue weighted by molar-refractivity contribution is -0.116. The fourth-order valence-corrected chi connectivity index (χ4v) is 2.50. The van der Waals surface area contributed by atoms with Gasteiger partial charge < -0.3 is 25.0 Å². The summed E-state index contributed by atoms with van der Waals surface area (Å²) in [4.78, 5) is 25.6. The van der Waals surface area contributed by atoms with Gasteiger partial charge in [-0.2, -0.15) is 0 Å². The molecule has 0 aromatic heterocycles. The third-order valence-corrected chi connectivity index (χ3v) is 4.00. The van der Waals surface area contributed by atoms with E-state index in [4.69, 9.17) is 9.47 Å². The van der Waals surface area contributed by atoms with Crippen molar-refractivity contribution in [2.45, 2.75) is 13.0 Å². The van der Waals surface area contributed by atoms with E-state index in [2.05, 4.69) is 10.6 Å². The minimum absolute atomic E-state index is 0.0681. The molecule has 0 atom stereocenters. The van der Waals surface area contributed by atoms with Gasteiger partial charge in [-0.1, -0.05) is 30.3 Å². The number of benzene rings is 2. The van der Waals surface area contributed by atoms with E-state index < -0.39 is 5.82 Å². The number of amides is 3. The van der Waals surface area contributed by atoms with Crippen molar-refractivity contribution in [1.82, 2.24) is 10.2 Å². The highest BCUT2D eigenvalue weighted by molar-refractivity contribution is 5.91. The molecule has 2 aromatic carbocycles. The Labute approximate surface area is 169 Å². The minimum Gasteiger partial charge on any atom is -0.488 e. The number of anilines is 1. The molecule has 8 heteroatoms. The van der Waals surface area contributed by atoms with Crippen LogP contribution in [0.5, 0.6) is 5.75 Å². The van der Waals surface area contributed by atoms with Gasteiger partial charge in [-0.3, -0.25) is 4.79 Å². The highest BCUT2D eigenvalue weighted by Crippen LogP contribution is 2.21. The topological polar surface area (TPSA) is 79.9 Å². The molecule has 156 valence electrons. The number of rotatable bonds is 10. The summed E-state index contributed by atoms with van der Waals surface area (Å²) in [6, 6.07) is 13.5. The van der Waals surface area contributed by atoms with Crippen LogP contribution in [-0.4, -0.2) is 50.8 Å². The monoisotopic (exact) mass is 403 g/mol. The van der Waals surface area contributed by atoms with Crippen molar-refractivity contribution in [1.29, 1.82) is 0 Å². The van der Waals surface area contributed by atoms with Gasteiger partial charge >= 0.3 is 6.03 Å². The SMILES string of the molecule is COCCOc1ccc(NC(=O)CCNC(=O)N(C)Cc2ccccc2)cc1F. The Bertz CT molecular complexity index is 802. The first-order chi connectivity index (χ1) is 14.0. The number of ether oxygens (including phenoxy) is 2. The fourth-order valence-electron chi connectivity index (χ4n) is 2.50. The predicted octanol–water partition coefficient (Wildman–Crippen LogP) is 3.02. The van der Waals surface area contributed by atoms with E-state index in [9.17, 15) is 14.0 Å². The molecule has 0 unspecified atom stereocenters. The molecule has 0 heterocycles. The molecule has 0 saturated heterocycles. The Morgan fingerprint density at radius 2 is 1.86 bits per heavy atom. The lowest BCUT2D eigenvalue weighted by Crippen LogP contribution is -2.38. The van der Waals surface area contributed by atoms with Gasteiger partial charge in [0.25, 0.3) is 0 Å². The number of nitrogens with one attached hydrogen (secondary N) is 2. The molecule has 0 aliphatic rings. The van der Waals surface area contributed by atoms with Gasteiger partial charge in [-0.05, 0) is 17.7 Å². The summed E-state index contributed by atoms with van der Waals surface area (Å²) in [7, 11) is 3.21. The van der Waals surface area contributed by atoms with Crippen LogP contribution in [0.3, 0.4) is 0 Å². The van der Waals surface area contributed by atoms with E-state index in [-0.39, 0.29) is 37.3 Å². The Morgan fingerprint density at radius 1 is 1.10 bits per heavy atom. The van der Waals surface area contributed by atoms with Crippen LogP contribution in [0.15, 0.2) is 48.5 Å². The third-order valence-electron chi connectivity index (χ3n) is 4.00. The molecule has 7 nitrogen and oxygen atoms in total. The molecule has 3 amide bonds. The number of nitrogens with zero attached hydrogens (tertiary/aromatic N) is 1. The molecule has 0 saturated carbocycles. The molecule has 0 aliphatic heterocycles. The molecule has 0 spiro atoms. The van der Waals surface area contributed by atoms with Crippen molar-refractivity contribution < 1.29 is 23.5 Å². The Balaban J connectivity index is 1.72. The van der Waals surface area contributed by atoms with Gasteiger partial charge in [0.1, 0.15) is 6.61 Å². The lowest BCUT2D eigenvalue weighted by Gasteiger charge is -2.18. The second kappa shape index (κ2) is 11.7. The number of hydrogen-bond donors (Lipinski definition) is 2. The molecule has 2 N–H and O–H groups in total. The largest absolute Gasteiger partial charge is 0.488 e. The first kappa shape index (κ1) is 22.2. The summed E-state index contributed by atoms with van der Waals surface area (Å²) in [5.74, 6) is -0.813. The minimum atomic E-state index is -0.574. The molecular weight excluding hydrogens is 377 g/mol. The average Bonchev–Trinajstić information content (AvgIpc) is 2.70. The highest BCUT2D eigenvalue weighted by Gasteiger charge is 2.11. The number of carbonyl (C=O) groups excluding carboxylic acids is 2. The summed E-state index contributed by atoms with van der Waals surface area (Å²) in [6.07, 6.45) is 0.0681. The van der Waals surface area contributed by atoms with Crippen LogP contribution in [0.2, 0.25) is 0 Å². The number of halogens is 1. The van der Waals surface area contributed by atoms with Gasteiger partial charge in [0, 0.05) is 45.4 Å². The first-order valence-corrected chi connectivity index (χ1v) is 9.23. The highest BCUT2D eigenvalue weighted by atomic mass is 19.1. The molecule has 2 aromatic rings. The zero-order chi connectivity index (χ0) is 21.1. The first-order valence-electron chi connectivity index (χ1n) is 9.23. The maximum atomic E-state index is 14.0. The van der Waals surface area contributed by atoms with Crippen LogP contribution in [0, 0.1) is 5.82 Å². The van der Waals surface area contributed by atoms with Crippen LogP contribution in [0.1, 0.15) is 12.0 Å². The van der Waals surface area contributed by atoms with Crippen LogP contribution in [0.4, 0.5) is 14.9 Å². The average molecular weight is 403 g/mol. The number of carbonyl (C=O) groups is 2. The van der Waals surface area contributed by atoms with Crippen LogP contribution in [-0.2, 0) is 16.1 Å². The Hall–Kier alpha value is -3.13. The van der Waals surface area contributed by atoms with Crippen molar-refractivity contribution in [3.63, 3.8) is 0 Å². The second-order valence-corrected chi connectivity index (χ2v) is 6.36.